The Hall–Kier alpha value is -0.900. The number of hydrogen-bond donors (Lipinski definition) is 0. The Bertz CT molecular complexity index is 311. The molecule has 0 bridgehead atoms. The molecule has 0 saturated heterocycles. The lowest BCUT2D eigenvalue weighted by Crippen LogP contribution is -2.15. The number of anilines is 1. The van der Waals surface area contributed by atoms with E-state index in [-0.39, 0.29) is 0 Å². The van der Waals surface area contributed by atoms with Gasteiger partial charge in [0.25, 0.3) is 5.91 Å². The molecule has 4 heteroatoms. The first-order valence-corrected chi connectivity index (χ1v) is 4.15. The highest BCUT2D eigenvalue weighted by Crippen LogP contribution is 2.39. The first-order valence-electron chi connectivity index (χ1n) is 3.44. The topological polar surface area (TPSA) is 20.3 Å². The predicted octanol–water partition coefficient (Wildman–Crippen LogP) is 2.35. The quantitative estimate of drug-likeness (QED) is 0.626. The number of alkyl halides is 1. The van der Waals surface area contributed by atoms with E-state index in [1.54, 1.807) is 24.3 Å². The van der Waals surface area contributed by atoms with E-state index < -0.39 is 12.1 Å². The molecule has 0 spiro atoms. The summed E-state index contributed by atoms with van der Waals surface area (Å²) in [7, 11) is 0. The van der Waals surface area contributed by atoms with Gasteiger partial charge in [0.2, 0.25) is 6.17 Å². The summed E-state index contributed by atoms with van der Waals surface area (Å²) >= 11 is 2.99. The summed E-state index contributed by atoms with van der Waals surface area (Å²) in [6.45, 7) is 0. The molecular formula is C8H5BrFNO. The van der Waals surface area contributed by atoms with Crippen molar-refractivity contribution in [1.82, 2.24) is 0 Å². The molecule has 12 heavy (non-hydrogen) atoms. The number of amides is 1. The Morgan fingerprint density at radius 3 is 2.75 bits per heavy atom. The van der Waals surface area contributed by atoms with Crippen molar-refractivity contribution < 1.29 is 9.18 Å². The van der Waals surface area contributed by atoms with Crippen LogP contribution in [0.5, 0.6) is 0 Å². The molecule has 0 N–H and O–H groups in total. The van der Waals surface area contributed by atoms with E-state index in [0.717, 1.165) is 3.93 Å². The zero-order valence-corrected chi connectivity index (χ0v) is 7.58. The van der Waals surface area contributed by atoms with Crippen molar-refractivity contribution in [2.75, 3.05) is 3.93 Å². The lowest BCUT2D eigenvalue weighted by molar-refractivity contribution is -0.121. The molecule has 1 amide bonds. The van der Waals surface area contributed by atoms with Gasteiger partial charge in [-0.3, -0.25) is 4.79 Å². The van der Waals surface area contributed by atoms with Crippen molar-refractivity contribution in [3.8, 4) is 0 Å². The molecule has 1 aromatic carbocycles. The summed E-state index contributed by atoms with van der Waals surface area (Å²) in [6.07, 6.45) is -1.51. The van der Waals surface area contributed by atoms with Crippen LogP contribution in [-0.2, 0) is 4.79 Å². The molecule has 0 saturated carbocycles. The maximum atomic E-state index is 13.1. The summed E-state index contributed by atoms with van der Waals surface area (Å²) in [4.78, 5) is 11.1. The summed E-state index contributed by atoms with van der Waals surface area (Å²) in [5, 5.41) is 0. The van der Waals surface area contributed by atoms with Crippen molar-refractivity contribution in [2.24, 2.45) is 0 Å². The SMILES string of the molecule is O=C1C(F)c2ccccc2N1Br. The summed E-state index contributed by atoms with van der Waals surface area (Å²) in [6, 6.07) is 6.78. The number of hydrogen-bond acceptors (Lipinski definition) is 1. The third-order valence-electron chi connectivity index (χ3n) is 1.83. The fraction of sp³-hybridized carbons (Fsp3) is 0.125. The normalized spacial score (nSPS) is 21.3. The second kappa shape index (κ2) is 2.55. The van der Waals surface area contributed by atoms with Crippen molar-refractivity contribution in [3.05, 3.63) is 29.8 Å². The molecule has 2 nitrogen and oxygen atoms in total. The van der Waals surface area contributed by atoms with Gasteiger partial charge in [-0.25, -0.2) is 8.32 Å². The molecule has 1 aliphatic rings. The molecule has 1 aliphatic heterocycles. The number of fused-ring (bicyclic) bond motifs is 1. The monoisotopic (exact) mass is 229 g/mol. The summed E-state index contributed by atoms with van der Waals surface area (Å²) in [5.74, 6) is -0.559. The van der Waals surface area contributed by atoms with Gasteiger partial charge >= 0.3 is 0 Å². The summed E-state index contributed by atoms with van der Waals surface area (Å²) in [5.41, 5.74) is 1.02. The van der Waals surface area contributed by atoms with Crippen LogP contribution >= 0.6 is 16.1 Å². The third-order valence-corrected chi connectivity index (χ3v) is 2.56. The van der Waals surface area contributed by atoms with Gasteiger partial charge in [0.15, 0.2) is 0 Å². The lowest BCUT2D eigenvalue weighted by Gasteiger charge is -2.04. The first-order chi connectivity index (χ1) is 5.72. The fourth-order valence-corrected chi connectivity index (χ4v) is 1.73. The number of para-hydroxylation sites is 1. The molecule has 1 aromatic rings. The largest absolute Gasteiger partial charge is 0.276 e. The molecule has 1 heterocycles. The van der Waals surface area contributed by atoms with Crippen LogP contribution in [0.2, 0.25) is 0 Å². The van der Waals surface area contributed by atoms with Gasteiger partial charge in [0, 0.05) is 5.56 Å². The highest BCUT2D eigenvalue weighted by molar-refractivity contribution is 9.10. The Balaban J connectivity index is 2.59. The second-order valence-electron chi connectivity index (χ2n) is 2.54. The second-order valence-corrected chi connectivity index (χ2v) is 3.25. The zero-order chi connectivity index (χ0) is 8.72. The van der Waals surface area contributed by atoms with E-state index in [1.807, 2.05) is 0 Å². The van der Waals surface area contributed by atoms with Crippen molar-refractivity contribution in [2.45, 2.75) is 6.17 Å². The average Bonchev–Trinajstić information content (AvgIpc) is 2.33. The van der Waals surface area contributed by atoms with Crippen LogP contribution in [-0.4, -0.2) is 5.91 Å². The number of carbonyl (C=O) groups is 1. The van der Waals surface area contributed by atoms with Gasteiger partial charge in [0.05, 0.1) is 21.8 Å². The van der Waals surface area contributed by atoms with E-state index in [0.29, 0.717) is 11.3 Å². The molecule has 62 valence electrons. The zero-order valence-electron chi connectivity index (χ0n) is 6.00. The van der Waals surface area contributed by atoms with E-state index in [4.69, 9.17) is 0 Å². The van der Waals surface area contributed by atoms with E-state index in [9.17, 15) is 9.18 Å². The van der Waals surface area contributed by atoms with Crippen LogP contribution in [0, 0.1) is 0 Å². The van der Waals surface area contributed by atoms with Gasteiger partial charge in [-0.05, 0) is 6.07 Å². The molecule has 1 unspecified atom stereocenters. The van der Waals surface area contributed by atoms with Gasteiger partial charge in [-0.1, -0.05) is 18.2 Å². The van der Waals surface area contributed by atoms with Crippen molar-refractivity contribution >= 4 is 27.7 Å². The standard InChI is InChI=1S/C8H5BrFNO/c9-11-6-4-2-1-3-5(6)7(10)8(11)12/h1-4,7H. The Morgan fingerprint density at radius 1 is 1.42 bits per heavy atom. The number of nitrogens with zero attached hydrogens (tertiary/aromatic N) is 1. The minimum Gasteiger partial charge on any atom is -0.270 e. The van der Waals surface area contributed by atoms with Crippen LogP contribution in [0.4, 0.5) is 10.1 Å². The lowest BCUT2D eigenvalue weighted by atomic mass is 10.1. The van der Waals surface area contributed by atoms with Crippen LogP contribution in [0.15, 0.2) is 24.3 Å². The average molecular weight is 230 g/mol. The van der Waals surface area contributed by atoms with Gasteiger partial charge in [-0.2, -0.15) is 0 Å². The van der Waals surface area contributed by atoms with Gasteiger partial charge < -0.3 is 0 Å². The highest BCUT2D eigenvalue weighted by atomic mass is 79.9. The molecule has 0 fully saturated rings. The molecule has 0 aromatic heterocycles. The van der Waals surface area contributed by atoms with Crippen LogP contribution in [0.1, 0.15) is 11.7 Å². The summed E-state index contributed by atoms with van der Waals surface area (Å²) < 4.78 is 14.3. The van der Waals surface area contributed by atoms with E-state index in [1.165, 1.54) is 0 Å². The molecule has 0 aliphatic carbocycles. The number of carbonyl (C=O) groups excluding carboxylic acids is 1. The maximum absolute atomic E-state index is 13.1. The fourth-order valence-electron chi connectivity index (χ4n) is 1.23. The molecule has 2 rings (SSSR count). The van der Waals surface area contributed by atoms with Crippen molar-refractivity contribution in [3.63, 3.8) is 0 Å². The smallest absolute Gasteiger partial charge is 0.270 e. The predicted molar refractivity (Wildman–Crippen MR) is 46.7 cm³/mol. The third kappa shape index (κ3) is 0.876. The van der Waals surface area contributed by atoms with Crippen molar-refractivity contribution in [1.29, 1.82) is 0 Å². The van der Waals surface area contributed by atoms with Gasteiger partial charge in [0.1, 0.15) is 0 Å². The van der Waals surface area contributed by atoms with Crippen LogP contribution < -0.4 is 3.93 Å². The Labute approximate surface area is 77.3 Å². The minimum absolute atomic E-state index is 0.430. The number of benzene rings is 1. The van der Waals surface area contributed by atoms with Gasteiger partial charge in [-0.15, -0.1) is 0 Å². The minimum atomic E-state index is -1.51. The molecule has 0 radical (unpaired) electrons. The first kappa shape index (κ1) is 7.73. The molecular weight excluding hydrogens is 225 g/mol. The number of rotatable bonds is 0. The maximum Gasteiger partial charge on any atom is 0.276 e. The van der Waals surface area contributed by atoms with Crippen LogP contribution in [0.3, 0.4) is 0 Å². The molecule has 1 atom stereocenters. The van der Waals surface area contributed by atoms with E-state index in [2.05, 4.69) is 16.1 Å². The Kier molecular flexibility index (Phi) is 1.65. The van der Waals surface area contributed by atoms with E-state index >= 15 is 0 Å². The van der Waals surface area contributed by atoms with Crippen LogP contribution in [0.25, 0.3) is 0 Å². The number of halogens is 2. The highest BCUT2D eigenvalue weighted by Gasteiger charge is 2.35. The Morgan fingerprint density at radius 2 is 2.08 bits per heavy atom.